The number of likely N-dealkylation sites (tertiary alicyclic amines) is 1. The molecule has 2 aliphatic rings. The van der Waals surface area contributed by atoms with Crippen LogP contribution in [0.1, 0.15) is 23.3 Å². The molecule has 4 rings (SSSR count). The lowest BCUT2D eigenvalue weighted by Gasteiger charge is -2.20. The van der Waals surface area contributed by atoms with Crippen molar-refractivity contribution in [3.8, 4) is 0 Å². The average Bonchev–Trinajstić information content (AvgIpc) is 2.92. The molecular weight excluding hydrogens is 274 g/mol. The van der Waals surface area contributed by atoms with Crippen LogP contribution in [0.5, 0.6) is 0 Å². The van der Waals surface area contributed by atoms with E-state index in [2.05, 4.69) is 10.3 Å². The maximum Gasteiger partial charge on any atom is 0.272 e. The molecule has 114 valence electrons. The summed E-state index contributed by atoms with van der Waals surface area (Å²) in [6, 6.07) is 11.8. The zero-order valence-corrected chi connectivity index (χ0v) is 12.7. The summed E-state index contributed by atoms with van der Waals surface area (Å²) in [6.45, 7) is 3.94. The first kappa shape index (κ1) is 13.7. The molecule has 4 heteroatoms. The van der Waals surface area contributed by atoms with Crippen LogP contribution in [0.2, 0.25) is 0 Å². The van der Waals surface area contributed by atoms with Crippen LogP contribution in [0.15, 0.2) is 36.4 Å². The highest BCUT2D eigenvalue weighted by Crippen LogP contribution is 2.27. The summed E-state index contributed by atoms with van der Waals surface area (Å²) in [6.07, 6.45) is 2.22. The predicted octanol–water partition coefficient (Wildman–Crippen LogP) is 2.31. The Kier molecular flexibility index (Phi) is 3.54. The Balaban J connectivity index is 1.54. The predicted molar refractivity (Wildman–Crippen MR) is 86.7 cm³/mol. The van der Waals surface area contributed by atoms with E-state index >= 15 is 0 Å². The third-order valence-corrected chi connectivity index (χ3v) is 5.12. The number of pyridine rings is 1. The zero-order valence-electron chi connectivity index (χ0n) is 12.7. The van der Waals surface area contributed by atoms with Crippen LogP contribution in [0, 0.1) is 11.8 Å². The Morgan fingerprint density at radius 1 is 1.05 bits per heavy atom. The molecule has 2 aromatic rings. The summed E-state index contributed by atoms with van der Waals surface area (Å²) in [7, 11) is 0. The van der Waals surface area contributed by atoms with E-state index in [9.17, 15) is 4.79 Å². The summed E-state index contributed by atoms with van der Waals surface area (Å²) >= 11 is 0. The van der Waals surface area contributed by atoms with Gasteiger partial charge in [-0.3, -0.25) is 4.79 Å². The number of fused-ring (bicyclic) bond motifs is 2. The second-order valence-electron chi connectivity index (χ2n) is 6.44. The van der Waals surface area contributed by atoms with Crippen LogP contribution < -0.4 is 5.32 Å². The van der Waals surface area contributed by atoms with Gasteiger partial charge in [-0.05, 0) is 49.9 Å². The van der Waals surface area contributed by atoms with Crippen molar-refractivity contribution in [3.05, 3.63) is 42.1 Å². The Hall–Kier alpha value is -1.94. The highest BCUT2D eigenvalue weighted by atomic mass is 16.2. The fourth-order valence-corrected chi connectivity index (χ4v) is 3.77. The fourth-order valence-electron chi connectivity index (χ4n) is 3.77. The van der Waals surface area contributed by atoms with Crippen LogP contribution in [-0.4, -0.2) is 42.0 Å². The number of nitrogens with zero attached hydrogens (tertiary/aromatic N) is 2. The highest BCUT2D eigenvalue weighted by molar-refractivity contribution is 5.94. The molecule has 2 atom stereocenters. The molecule has 0 bridgehead atoms. The van der Waals surface area contributed by atoms with Gasteiger partial charge >= 0.3 is 0 Å². The quantitative estimate of drug-likeness (QED) is 0.878. The highest BCUT2D eigenvalue weighted by Gasteiger charge is 2.31. The van der Waals surface area contributed by atoms with Crippen molar-refractivity contribution in [2.45, 2.75) is 12.8 Å². The van der Waals surface area contributed by atoms with Gasteiger partial charge in [-0.15, -0.1) is 0 Å². The Morgan fingerprint density at radius 3 is 2.55 bits per heavy atom. The topological polar surface area (TPSA) is 45.2 Å². The fraction of sp³-hybridized carbons (Fsp3) is 0.444. The minimum atomic E-state index is 0.0821. The van der Waals surface area contributed by atoms with Crippen LogP contribution in [0.25, 0.3) is 10.9 Å². The average molecular weight is 295 g/mol. The van der Waals surface area contributed by atoms with Crippen molar-refractivity contribution in [2.75, 3.05) is 26.2 Å². The van der Waals surface area contributed by atoms with Gasteiger partial charge in [0.2, 0.25) is 0 Å². The van der Waals surface area contributed by atoms with E-state index in [0.717, 1.165) is 61.8 Å². The summed E-state index contributed by atoms with van der Waals surface area (Å²) in [5, 5.41) is 4.55. The number of carbonyl (C=O) groups excluding carboxylic acids is 1. The first-order valence-electron chi connectivity index (χ1n) is 8.17. The lowest BCUT2D eigenvalue weighted by atomic mass is 9.92. The van der Waals surface area contributed by atoms with Crippen LogP contribution >= 0.6 is 0 Å². The first-order chi connectivity index (χ1) is 10.8. The molecule has 1 aromatic heterocycles. The number of nitrogens with one attached hydrogen (secondary N) is 1. The molecule has 0 radical (unpaired) electrons. The second-order valence-corrected chi connectivity index (χ2v) is 6.44. The van der Waals surface area contributed by atoms with Gasteiger partial charge in [-0.25, -0.2) is 4.98 Å². The smallest absolute Gasteiger partial charge is 0.272 e. The normalized spacial score (nSPS) is 25.0. The maximum absolute atomic E-state index is 12.8. The number of hydrogen-bond donors (Lipinski definition) is 1. The van der Waals surface area contributed by atoms with Crippen LogP contribution in [-0.2, 0) is 0 Å². The zero-order chi connectivity index (χ0) is 14.9. The van der Waals surface area contributed by atoms with E-state index in [1.54, 1.807) is 0 Å². The standard InChI is InChI=1S/C18H21N3O/c22-18(17-6-5-13-3-1-2-4-16(13)20-17)21-9-7-14-11-19-12-15(14)8-10-21/h1-6,14-15,19H,7-12H2/t14-,15+. The molecule has 22 heavy (non-hydrogen) atoms. The van der Waals surface area contributed by atoms with E-state index in [1.807, 2.05) is 41.3 Å². The van der Waals surface area contributed by atoms with Crippen LogP contribution in [0.3, 0.4) is 0 Å². The van der Waals surface area contributed by atoms with Gasteiger partial charge < -0.3 is 10.2 Å². The van der Waals surface area contributed by atoms with E-state index < -0.39 is 0 Å². The summed E-state index contributed by atoms with van der Waals surface area (Å²) in [4.78, 5) is 19.3. The van der Waals surface area contributed by atoms with Gasteiger partial charge in [0.1, 0.15) is 5.69 Å². The van der Waals surface area contributed by atoms with Crippen molar-refractivity contribution < 1.29 is 4.79 Å². The van der Waals surface area contributed by atoms with Crippen molar-refractivity contribution >= 4 is 16.8 Å². The molecule has 3 heterocycles. The van der Waals surface area contributed by atoms with Gasteiger partial charge in [0.15, 0.2) is 0 Å². The molecule has 1 aromatic carbocycles. The van der Waals surface area contributed by atoms with Crippen molar-refractivity contribution in [1.82, 2.24) is 15.2 Å². The number of aromatic nitrogens is 1. The number of para-hydroxylation sites is 1. The molecule has 0 aliphatic carbocycles. The second kappa shape index (κ2) is 5.69. The monoisotopic (exact) mass is 295 g/mol. The first-order valence-corrected chi connectivity index (χ1v) is 8.17. The number of hydrogen-bond acceptors (Lipinski definition) is 3. The minimum Gasteiger partial charge on any atom is -0.337 e. The van der Waals surface area contributed by atoms with Gasteiger partial charge in [0, 0.05) is 18.5 Å². The third kappa shape index (κ3) is 2.48. The van der Waals surface area contributed by atoms with Gasteiger partial charge in [-0.1, -0.05) is 24.3 Å². The Bertz CT molecular complexity index is 686. The van der Waals surface area contributed by atoms with E-state index in [-0.39, 0.29) is 5.91 Å². The maximum atomic E-state index is 12.8. The SMILES string of the molecule is O=C(c1ccc2ccccc2n1)N1CC[C@@H]2CNC[C@@H]2CC1. The summed E-state index contributed by atoms with van der Waals surface area (Å²) in [5.74, 6) is 1.56. The summed E-state index contributed by atoms with van der Waals surface area (Å²) in [5.41, 5.74) is 1.47. The van der Waals surface area contributed by atoms with E-state index in [1.165, 1.54) is 0 Å². The van der Waals surface area contributed by atoms with E-state index in [4.69, 9.17) is 0 Å². The lowest BCUT2D eigenvalue weighted by molar-refractivity contribution is 0.0753. The minimum absolute atomic E-state index is 0.0821. The van der Waals surface area contributed by atoms with Gasteiger partial charge in [0.05, 0.1) is 5.52 Å². The number of benzene rings is 1. The third-order valence-electron chi connectivity index (χ3n) is 5.12. The molecule has 2 fully saturated rings. The van der Waals surface area contributed by atoms with Crippen LogP contribution in [0.4, 0.5) is 0 Å². The largest absolute Gasteiger partial charge is 0.337 e. The number of amides is 1. The van der Waals surface area contributed by atoms with Gasteiger partial charge in [-0.2, -0.15) is 0 Å². The summed E-state index contributed by atoms with van der Waals surface area (Å²) < 4.78 is 0. The number of rotatable bonds is 1. The van der Waals surface area contributed by atoms with Crippen molar-refractivity contribution in [3.63, 3.8) is 0 Å². The molecule has 0 unspecified atom stereocenters. The molecule has 1 amide bonds. The molecule has 2 saturated heterocycles. The number of carbonyl (C=O) groups is 1. The van der Waals surface area contributed by atoms with E-state index in [0.29, 0.717) is 5.69 Å². The Morgan fingerprint density at radius 2 is 1.77 bits per heavy atom. The van der Waals surface area contributed by atoms with Gasteiger partial charge in [0.25, 0.3) is 5.91 Å². The molecule has 1 N–H and O–H groups in total. The molecular formula is C18H21N3O. The Labute approximate surface area is 130 Å². The van der Waals surface area contributed by atoms with Crippen molar-refractivity contribution in [2.24, 2.45) is 11.8 Å². The molecule has 2 aliphatic heterocycles. The molecule has 4 nitrogen and oxygen atoms in total. The van der Waals surface area contributed by atoms with Crippen molar-refractivity contribution in [1.29, 1.82) is 0 Å². The molecule has 0 saturated carbocycles. The molecule has 0 spiro atoms. The lowest BCUT2D eigenvalue weighted by Crippen LogP contribution is -2.33.